The number of fused-ring (bicyclic) bond motifs is 3. The van der Waals surface area contributed by atoms with Crippen LogP contribution in [0.3, 0.4) is 0 Å². The molecule has 3 nitrogen and oxygen atoms in total. The Kier molecular flexibility index (Phi) is 7.14. The molecule has 1 aliphatic heterocycles. The van der Waals surface area contributed by atoms with E-state index in [1.807, 2.05) is 12.1 Å². The Labute approximate surface area is 293 Å². The fourth-order valence-electron chi connectivity index (χ4n) is 7.42. The SMILES string of the molecule is CC1(C)c2cc(-c3ccccc3)ccc2N(c2ccc(-c3ccccc3)cc2)c2ccc(-c3nc(-c4ccccc4)c4ccccc4n3)cc21. The van der Waals surface area contributed by atoms with Gasteiger partial charge in [-0.15, -0.1) is 0 Å². The molecule has 50 heavy (non-hydrogen) atoms. The van der Waals surface area contributed by atoms with Crippen LogP contribution in [0.15, 0.2) is 176 Å². The maximum Gasteiger partial charge on any atom is 0.160 e. The van der Waals surface area contributed by atoms with Crippen LogP contribution in [0.4, 0.5) is 17.1 Å². The molecule has 0 saturated carbocycles. The minimum absolute atomic E-state index is 0.301. The standard InChI is InChI=1S/C47H35N3/c1-47(2)40-30-36(33-16-8-4-9-17-33)24-28-43(40)50(38-26-22-34(23-27-38)32-14-6-3-7-15-32)44-29-25-37(31-41(44)47)46-48-42-21-13-12-20-39(42)45(49-46)35-18-10-5-11-19-35/h3-31H,1-2H3. The summed E-state index contributed by atoms with van der Waals surface area (Å²) in [5.74, 6) is 0.726. The van der Waals surface area contributed by atoms with Crippen LogP contribution in [0.5, 0.6) is 0 Å². The zero-order valence-corrected chi connectivity index (χ0v) is 28.1. The fourth-order valence-corrected chi connectivity index (χ4v) is 7.42. The summed E-state index contributed by atoms with van der Waals surface area (Å²) in [6.45, 7) is 4.69. The van der Waals surface area contributed by atoms with Gasteiger partial charge in [0, 0.05) is 27.6 Å². The van der Waals surface area contributed by atoms with E-state index in [1.165, 1.54) is 39.1 Å². The van der Waals surface area contributed by atoms with Crippen molar-refractivity contribution in [1.82, 2.24) is 9.97 Å². The van der Waals surface area contributed by atoms with Crippen LogP contribution in [-0.4, -0.2) is 9.97 Å². The zero-order chi connectivity index (χ0) is 33.7. The summed E-state index contributed by atoms with van der Waals surface area (Å²) in [7, 11) is 0. The highest BCUT2D eigenvalue weighted by Crippen LogP contribution is 2.53. The molecule has 0 atom stereocenters. The lowest BCUT2D eigenvalue weighted by molar-refractivity contribution is 0.632. The largest absolute Gasteiger partial charge is 0.310 e. The number of anilines is 3. The monoisotopic (exact) mass is 641 g/mol. The lowest BCUT2D eigenvalue weighted by atomic mass is 9.72. The molecule has 8 aromatic rings. The Balaban J connectivity index is 1.23. The first-order valence-corrected chi connectivity index (χ1v) is 17.2. The molecule has 0 saturated heterocycles. The molecule has 1 aliphatic rings. The topological polar surface area (TPSA) is 29.0 Å². The molecule has 0 spiro atoms. The van der Waals surface area contributed by atoms with Gasteiger partial charge in [-0.25, -0.2) is 9.97 Å². The third-order valence-electron chi connectivity index (χ3n) is 10.1. The molecule has 0 bridgehead atoms. The quantitative estimate of drug-likeness (QED) is 0.187. The average molecular weight is 642 g/mol. The second-order valence-electron chi connectivity index (χ2n) is 13.5. The van der Waals surface area contributed by atoms with Crippen molar-refractivity contribution in [1.29, 1.82) is 0 Å². The van der Waals surface area contributed by atoms with E-state index < -0.39 is 0 Å². The second kappa shape index (κ2) is 12.0. The van der Waals surface area contributed by atoms with Crippen molar-refractivity contribution in [2.24, 2.45) is 0 Å². The van der Waals surface area contributed by atoms with Crippen molar-refractivity contribution in [2.45, 2.75) is 19.3 Å². The van der Waals surface area contributed by atoms with Gasteiger partial charge in [0.15, 0.2) is 5.82 Å². The van der Waals surface area contributed by atoms with Crippen LogP contribution >= 0.6 is 0 Å². The van der Waals surface area contributed by atoms with Crippen molar-refractivity contribution in [3.63, 3.8) is 0 Å². The maximum atomic E-state index is 5.23. The van der Waals surface area contributed by atoms with Gasteiger partial charge in [-0.2, -0.15) is 0 Å². The minimum Gasteiger partial charge on any atom is -0.310 e. The number of rotatable bonds is 5. The second-order valence-corrected chi connectivity index (χ2v) is 13.5. The van der Waals surface area contributed by atoms with E-state index in [-0.39, 0.29) is 5.41 Å². The van der Waals surface area contributed by atoms with E-state index in [0.29, 0.717) is 0 Å². The zero-order valence-electron chi connectivity index (χ0n) is 28.1. The molecular formula is C47H35N3. The highest BCUT2D eigenvalue weighted by Gasteiger charge is 2.37. The molecule has 0 amide bonds. The molecule has 3 heteroatoms. The van der Waals surface area contributed by atoms with Crippen LogP contribution in [0.1, 0.15) is 25.0 Å². The van der Waals surface area contributed by atoms with E-state index in [4.69, 9.17) is 9.97 Å². The summed E-state index contributed by atoms with van der Waals surface area (Å²) < 4.78 is 0. The Hall–Kier alpha value is -6.32. The summed E-state index contributed by atoms with van der Waals surface area (Å²) in [5, 5.41) is 1.05. The molecule has 0 aliphatic carbocycles. The lowest BCUT2D eigenvalue weighted by Gasteiger charge is -2.42. The Morgan fingerprint density at radius 3 is 1.54 bits per heavy atom. The van der Waals surface area contributed by atoms with Gasteiger partial charge in [-0.1, -0.05) is 141 Å². The van der Waals surface area contributed by atoms with Gasteiger partial charge in [0.05, 0.1) is 22.6 Å². The van der Waals surface area contributed by atoms with Crippen LogP contribution in [-0.2, 0) is 5.41 Å². The number of hydrogen-bond donors (Lipinski definition) is 0. The lowest BCUT2D eigenvalue weighted by Crippen LogP contribution is -2.30. The molecule has 7 aromatic carbocycles. The van der Waals surface area contributed by atoms with Gasteiger partial charge in [-0.3, -0.25) is 0 Å². The van der Waals surface area contributed by atoms with Gasteiger partial charge in [0.25, 0.3) is 0 Å². The van der Waals surface area contributed by atoms with Crippen molar-refractivity contribution in [3.05, 3.63) is 187 Å². The number of nitrogens with zero attached hydrogens (tertiary/aromatic N) is 3. The van der Waals surface area contributed by atoms with Crippen molar-refractivity contribution in [3.8, 4) is 44.9 Å². The first-order chi connectivity index (χ1) is 24.5. The molecule has 238 valence electrons. The molecule has 0 unspecified atom stereocenters. The summed E-state index contributed by atoms with van der Waals surface area (Å²) >= 11 is 0. The minimum atomic E-state index is -0.301. The predicted molar refractivity (Wildman–Crippen MR) is 208 cm³/mol. The van der Waals surface area contributed by atoms with Crippen LogP contribution in [0.25, 0.3) is 55.8 Å². The predicted octanol–water partition coefficient (Wildman–Crippen LogP) is 12.4. The number of benzene rings is 7. The Morgan fingerprint density at radius 1 is 0.420 bits per heavy atom. The van der Waals surface area contributed by atoms with Crippen LogP contribution in [0.2, 0.25) is 0 Å². The van der Waals surface area contributed by atoms with Gasteiger partial charge in [0.2, 0.25) is 0 Å². The van der Waals surface area contributed by atoms with Crippen molar-refractivity contribution < 1.29 is 0 Å². The number of aromatic nitrogens is 2. The fraction of sp³-hybridized carbons (Fsp3) is 0.0638. The van der Waals surface area contributed by atoms with Gasteiger partial charge >= 0.3 is 0 Å². The molecular weight excluding hydrogens is 607 g/mol. The summed E-state index contributed by atoms with van der Waals surface area (Å²) in [4.78, 5) is 12.8. The van der Waals surface area contributed by atoms with Gasteiger partial charge < -0.3 is 4.90 Å². The number of hydrogen-bond acceptors (Lipinski definition) is 3. The van der Waals surface area contributed by atoms with Crippen LogP contribution < -0.4 is 4.90 Å². The maximum absolute atomic E-state index is 5.23. The summed E-state index contributed by atoms with van der Waals surface area (Å²) in [6.07, 6.45) is 0. The third-order valence-corrected chi connectivity index (χ3v) is 10.1. The van der Waals surface area contributed by atoms with E-state index in [9.17, 15) is 0 Å². The summed E-state index contributed by atoms with van der Waals surface area (Å²) in [6, 6.07) is 62.5. The van der Waals surface area contributed by atoms with E-state index in [0.717, 1.165) is 44.9 Å². The first-order valence-electron chi connectivity index (χ1n) is 17.2. The normalized spacial score (nSPS) is 13.1. The van der Waals surface area contributed by atoms with Crippen molar-refractivity contribution >= 4 is 28.0 Å². The Morgan fingerprint density at radius 2 is 0.900 bits per heavy atom. The van der Waals surface area contributed by atoms with Gasteiger partial charge in [0.1, 0.15) is 0 Å². The number of para-hydroxylation sites is 1. The molecule has 0 fully saturated rings. The first kappa shape index (κ1) is 29.8. The average Bonchev–Trinajstić information content (AvgIpc) is 3.18. The highest BCUT2D eigenvalue weighted by atomic mass is 15.2. The molecule has 2 heterocycles. The van der Waals surface area contributed by atoms with E-state index in [2.05, 4.69) is 183 Å². The molecule has 0 radical (unpaired) electrons. The Bertz CT molecular complexity index is 2490. The van der Waals surface area contributed by atoms with E-state index >= 15 is 0 Å². The smallest absolute Gasteiger partial charge is 0.160 e. The van der Waals surface area contributed by atoms with Gasteiger partial charge in [-0.05, 0) is 81.9 Å². The molecule has 9 rings (SSSR count). The third kappa shape index (κ3) is 5.07. The molecule has 0 N–H and O–H groups in total. The van der Waals surface area contributed by atoms with E-state index in [1.54, 1.807) is 0 Å². The highest BCUT2D eigenvalue weighted by molar-refractivity contribution is 5.94. The van der Waals surface area contributed by atoms with Crippen molar-refractivity contribution in [2.75, 3.05) is 4.90 Å². The van der Waals surface area contributed by atoms with Crippen LogP contribution in [0, 0.1) is 0 Å². The molecule has 1 aromatic heterocycles. The summed E-state index contributed by atoms with van der Waals surface area (Å²) in [5.41, 5.74) is 14.5.